The van der Waals surface area contributed by atoms with E-state index in [1.165, 1.54) is 4.90 Å². The Kier molecular flexibility index (Phi) is 8.33. The van der Waals surface area contributed by atoms with Crippen molar-refractivity contribution in [1.82, 2.24) is 4.90 Å². The van der Waals surface area contributed by atoms with Gasteiger partial charge in [-0.1, -0.05) is 90.3 Å². The van der Waals surface area contributed by atoms with Crippen LogP contribution in [-0.2, 0) is 9.53 Å². The number of fused-ring (bicyclic) bond motifs is 1. The molecule has 176 valence electrons. The van der Waals surface area contributed by atoms with Gasteiger partial charge in [0, 0.05) is 30.8 Å². The Labute approximate surface area is 209 Å². The first-order valence-electron chi connectivity index (χ1n) is 10.9. The maximum absolute atomic E-state index is 13.6. The van der Waals surface area contributed by atoms with E-state index < -0.39 is 16.5 Å². The molecule has 2 aromatic rings. The van der Waals surface area contributed by atoms with Gasteiger partial charge in [-0.25, -0.2) is 4.79 Å². The zero-order chi connectivity index (χ0) is 24.2. The van der Waals surface area contributed by atoms with Gasteiger partial charge in [0.2, 0.25) is 3.79 Å². The highest BCUT2D eigenvalue weighted by Gasteiger charge is 2.38. The van der Waals surface area contributed by atoms with Crippen LogP contribution in [0.25, 0.3) is 0 Å². The van der Waals surface area contributed by atoms with E-state index in [-0.39, 0.29) is 17.7 Å². The van der Waals surface area contributed by atoms with Crippen LogP contribution >= 0.6 is 34.8 Å². The molecular weight excluding hydrogens is 483 g/mol. The summed E-state index contributed by atoms with van der Waals surface area (Å²) < 4.78 is 3.51. The minimum atomic E-state index is -1.74. The Balaban J connectivity index is 2.12. The van der Waals surface area contributed by atoms with E-state index in [9.17, 15) is 9.59 Å². The van der Waals surface area contributed by atoms with E-state index in [1.54, 1.807) is 11.1 Å². The minimum absolute atomic E-state index is 0.0162. The van der Waals surface area contributed by atoms with E-state index in [0.29, 0.717) is 24.4 Å². The van der Waals surface area contributed by atoms with Gasteiger partial charge in [-0.3, -0.25) is 9.69 Å². The highest BCUT2D eigenvalue weighted by Crippen LogP contribution is 2.46. The third-order valence-electron chi connectivity index (χ3n) is 5.81. The maximum Gasteiger partial charge on any atom is 0.418 e. The molecule has 0 saturated heterocycles. The summed E-state index contributed by atoms with van der Waals surface area (Å²) >= 11 is 17.3. The van der Waals surface area contributed by atoms with Crippen LogP contribution in [0, 0.1) is 0 Å². The molecule has 0 spiro atoms. The van der Waals surface area contributed by atoms with E-state index >= 15 is 0 Å². The van der Waals surface area contributed by atoms with Crippen LogP contribution in [-0.4, -0.2) is 40.4 Å². The van der Waals surface area contributed by atoms with Crippen LogP contribution < -0.4 is 4.90 Å². The van der Waals surface area contributed by atoms with Gasteiger partial charge in [0.05, 0.1) is 5.69 Å². The van der Waals surface area contributed by atoms with Crippen LogP contribution in [0.3, 0.4) is 0 Å². The number of likely N-dealkylation sites (N-methyl/N-ethyl adjacent to an activating group) is 1. The lowest BCUT2D eigenvalue weighted by molar-refractivity contribution is -0.127. The fraction of sp³-hybridized carbons (Fsp3) is 0.360. The average Bonchev–Trinajstić information content (AvgIpc) is 2.81. The van der Waals surface area contributed by atoms with Crippen molar-refractivity contribution in [1.29, 1.82) is 0 Å². The third-order valence-corrected chi connectivity index (χ3v) is 6.14. The standard InChI is InChI=1S/C25H27Cl3N2O3/c1-4-29(5-2)23(31)20-15-30(24(32)33-16-25(26,27)28)21-14-10-9-13-19(21)22(20)17(3)18-11-7-6-8-12-18/h6-15,17,22H,4-5,16H2,1-3H3/t17-,22+/m0/s1. The van der Waals surface area contributed by atoms with Crippen molar-refractivity contribution in [2.45, 2.75) is 36.4 Å². The number of rotatable bonds is 6. The molecule has 3 rings (SSSR count). The number of carbonyl (C=O) groups is 2. The predicted octanol–water partition coefficient (Wildman–Crippen LogP) is 6.65. The minimum Gasteiger partial charge on any atom is -0.444 e. The van der Waals surface area contributed by atoms with Crippen molar-refractivity contribution in [2.75, 3.05) is 24.6 Å². The number of para-hydroxylation sites is 1. The SMILES string of the molecule is CCN(CC)C(=O)C1=CN(C(=O)OCC(Cl)(Cl)Cl)c2ccccc2[C@H]1[C@@H](C)c1ccccc1. The van der Waals surface area contributed by atoms with E-state index in [0.717, 1.165) is 11.1 Å². The lowest BCUT2D eigenvalue weighted by atomic mass is 9.75. The first kappa shape index (κ1) is 25.4. The monoisotopic (exact) mass is 508 g/mol. The van der Waals surface area contributed by atoms with E-state index in [1.807, 2.05) is 56.3 Å². The lowest BCUT2D eigenvalue weighted by Crippen LogP contribution is -2.39. The number of carbonyl (C=O) groups excluding carboxylic acids is 2. The van der Waals surface area contributed by atoms with Crippen LogP contribution in [0.1, 0.15) is 43.7 Å². The molecule has 0 saturated carbocycles. The summed E-state index contributed by atoms with van der Waals surface area (Å²) in [6.07, 6.45) is 0.859. The number of hydrogen-bond donors (Lipinski definition) is 0. The molecule has 0 radical (unpaired) electrons. The van der Waals surface area contributed by atoms with Crippen molar-refractivity contribution < 1.29 is 14.3 Å². The number of halogens is 3. The molecule has 0 bridgehead atoms. The summed E-state index contributed by atoms with van der Waals surface area (Å²) in [6.45, 7) is 6.66. The van der Waals surface area contributed by atoms with Gasteiger partial charge >= 0.3 is 6.09 Å². The summed E-state index contributed by atoms with van der Waals surface area (Å²) in [6, 6.07) is 17.5. The van der Waals surface area contributed by atoms with Gasteiger partial charge in [-0.15, -0.1) is 0 Å². The summed E-state index contributed by atoms with van der Waals surface area (Å²) in [5.74, 6) is -0.396. The smallest absolute Gasteiger partial charge is 0.418 e. The largest absolute Gasteiger partial charge is 0.444 e. The van der Waals surface area contributed by atoms with Gasteiger partial charge < -0.3 is 9.64 Å². The first-order valence-corrected chi connectivity index (χ1v) is 12.0. The van der Waals surface area contributed by atoms with Crippen molar-refractivity contribution in [2.24, 2.45) is 0 Å². The van der Waals surface area contributed by atoms with Crippen molar-refractivity contribution >= 4 is 52.5 Å². The van der Waals surface area contributed by atoms with Crippen LogP contribution in [0.15, 0.2) is 66.4 Å². The second-order valence-electron chi connectivity index (χ2n) is 7.84. The molecule has 1 heterocycles. The Morgan fingerprint density at radius 2 is 1.64 bits per heavy atom. The zero-order valence-electron chi connectivity index (χ0n) is 18.8. The molecule has 8 heteroatoms. The molecule has 0 aliphatic carbocycles. The number of alkyl halides is 3. The quantitative estimate of drug-likeness (QED) is 0.409. The second-order valence-corrected chi connectivity index (χ2v) is 10.4. The number of hydrogen-bond acceptors (Lipinski definition) is 3. The summed E-state index contributed by atoms with van der Waals surface area (Å²) in [4.78, 5) is 29.7. The van der Waals surface area contributed by atoms with E-state index in [2.05, 4.69) is 19.1 Å². The molecule has 5 nitrogen and oxygen atoms in total. The number of ether oxygens (including phenoxy) is 1. The lowest BCUT2D eigenvalue weighted by Gasteiger charge is -2.37. The number of nitrogens with zero attached hydrogens (tertiary/aromatic N) is 2. The molecule has 0 unspecified atom stereocenters. The topological polar surface area (TPSA) is 49.9 Å². The highest BCUT2D eigenvalue weighted by atomic mass is 35.6. The predicted molar refractivity (Wildman–Crippen MR) is 134 cm³/mol. The molecule has 2 atom stereocenters. The Morgan fingerprint density at radius 1 is 1.03 bits per heavy atom. The normalized spacial score (nSPS) is 16.5. The Bertz CT molecular complexity index is 1020. The van der Waals surface area contributed by atoms with E-state index in [4.69, 9.17) is 39.5 Å². The van der Waals surface area contributed by atoms with Gasteiger partial charge in [-0.2, -0.15) is 0 Å². The summed E-state index contributed by atoms with van der Waals surface area (Å²) in [7, 11) is 0. The Hall–Kier alpha value is -2.21. The number of anilines is 1. The molecule has 1 aliphatic rings. The van der Waals surface area contributed by atoms with Gasteiger partial charge in [-0.05, 0) is 37.0 Å². The highest BCUT2D eigenvalue weighted by molar-refractivity contribution is 6.67. The number of benzene rings is 2. The fourth-order valence-corrected chi connectivity index (χ4v) is 4.32. The molecule has 1 aliphatic heterocycles. The molecule has 2 aromatic carbocycles. The zero-order valence-corrected chi connectivity index (χ0v) is 21.1. The maximum atomic E-state index is 13.6. The Morgan fingerprint density at radius 3 is 2.24 bits per heavy atom. The number of amides is 2. The molecule has 33 heavy (non-hydrogen) atoms. The van der Waals surface area contributed by atoms with Crippen molar-refractivity contribution in [3.8, 4) is 0 Å². The molecule has 0 fully saturated rings. The molecule has 0 N–H and O–H groups in total. The van der Waals surface area contributed by atoms with Gasteiger partial charge in [0.1, 0.15) is 6.61 Å². The molecule has 0 aromatic heterocycles. The summed E-state index contributed by atoms with van der Waals surface area (Å²) in [5.41, 5.74) is 3.11. The fourth-order valence-electron chi connectivity index (χ4n) is 4.16. The van der Waals surface area contributed by atoms with Crippen LogP contribution in [0.5, 0.6) is 0 Å². The summed E-state index contributed by atoms with van der Waals surface area (Å²) in [5, 5.41) is 0. The first-order chi connectivity index (χ1) is 15.7. The van der Waals surface area contributed by atoms with Gasteiger partial charge in [0.25, 0.3) is 5.91 Å². The van der Waals surface area contributed by atoms with Crippen LogP contribution in [0.2, 0.25) is 0 Å². The van der Waals surface area contributed by atoms with Gasteiger partial charge in [0.15, 0.2) is 0 Å². The van der Waals surface area contributed by atoms with Crippen molar-refractivity contribution in [3.63, 3.8) is 0 Å². The third kappa shape index (κ3) is 5.84. The second kappa shape index (κ2) is 10.8. The molecule has 2 amide bonds. The van der Waals surface area contributed by atoms with Crippen LogP contribution in [0.4, 0.5) is 10.5 Å². The molecular formula is C25H27Cl3N2O3. The average molecular weight is 510 g/mol. The van der Waals surface area contributed by atoms with Crippen molar-refractivity contribution in [3.05, 3.63) is 77.5 Å².